The van der Waals surface area contributed by atoms with Crippen molar-refractivity contribution in [2.75, 3.05) is 15.8 Å². The van der Waals surface area contributed by atoms with Gasteiger partial charge in [-0.05, 0) is 49.2 Å². The summed E-state index contributed by atoms with van der Waals surface area (Å²) in [6.07, 6.45) is 1.70. The van der Waals surface area contributed by atoms with E-state index >= 15 is 0 Å². The fourth-order valence-corrected chi connectivity index (χ4v) is 4.15. The molecule has 0 bridgehead atoms. The Morgan fingerprint density at radius 3 is 2.67 bits per heavy atom. The third kappa shape index (κ3) is 4.82. The van der Waals surface area contributed by atoms with Crippen molar-refractivity contribution in [3.63, 3.8) is 0 Å². The lowest BCUT2D eigenvalue weighted by Crippen LogP contribution is -2.28. The number of amides is 1. The van der Waals surface area contributed by atoms with E-state index in [1.165, 1.54) is 18.5 Å². The molecule has 1 aromatic heterocycles. The maximum absolute atomic E-state index is 13.4. The predicted molar refractivity (Wildman–Crippen MR) is 113 cm³/mol. The van der Waals surface area contributed by atoms with Crippen LogP contribution >= 0.6 is 0 Å². The molecule has 0 atom stereocenters. The van der Waals surface area contributed by atoms with Crippen LogP contribution in [0.5, 0.6) is 0 Å². The quantitative estimate of drug-likeness (QED) is 0.596. The number of anilines is 2. The van der Waals surface area contributed by atoms with Gasteiger partial charge in [0.25, 0.3) is 5.56 Å². The Bertz CT molecular complexity index is 1270. The first-order valence-corrected chi connectivity index (χ1v) is 10.9. The van der Waals surface area contributed by atoms with Crippen LogP contribution in [0, 0.1) is 12.7 Å². The Labute approximate surface area is 172 Å². The minimum Gasteiger partial charge on any atom is -0.324 e. The molecule has 8 nitrogen and oxygen atoms in total. The van der Waals surface area contributed by atoms with E-state index in [9.17, 15) is 22.4 Å². The van der Waals surface area contributed by atoms with Gasteiger partial charge >= 0.3 is 0 Å². The molecule has 0 spiro atoms. The van der Waals surface area contributed by atoms with Crippen LogP contribution in [-0.4, -0.2) is 29.6 Å². The van der Waals surface area contributed by atoms with Gasteiger partial charge in [-0.1, -0.05) is 13.0 Å². The summed E-state index contributed by atoms with van der Waals surface area (Å²) >= 11 is 0. The van der Waals surface area contributed by atoms with Gasteiger partial charge in [-0.15, -0.1) is 0 Å². The van der Waals surface area contributed by atoms with Gasteiger partial charge in [0.15, 0.2) is 0 Å². The van der Waals surface area contributed by atoms with Gasteiger partial charge in [-0.2, -0.15) is 0 Å². The standard InChI is InChI=1S/C20H21FN4O4S/c1-3-9-30(28,29)24-17-6-4-5-16(13(17)2)23-19(26)11-25-12-22-18-8-7-14(21)10-15(18)20(25)27/h4-8,10,12,24H,3,9,11H2,1-2H3,(H,23,26). The number of aromatic nitrogens is 2. The highest BCUT2D eigenvalue weighted by atomic mass is 32.2. The molecule has 10 heteroatoms. The van der Waals surface area contributed by atoms with Crippen LogP contribution in [0.15, 0.2) is 47.5 Å². The Hall–Kier alpha value is -3.27. The molecule has 158 valence electrons. The number of sulfonamides is 1. The van der Waals surface area contributed by atoms with Crippen molar-refractivity contribution in [2.24, 2.45) is 0 Å². The Morgan fingerprint density at radius 2 is 1.93 bits per heavy atom. The molecule has 0 aliphatic rings. The van der Waals surface area contributed by atoms with Crippen LogP contribution in [-0.2, 0) is 21.4 Å². The van der Waals surface area contributed by atoms with Gasteiger partial charge in [0.05, 0.1) is 28.7 Å². The first-order valence-electron chi connectivity index (χ1n) is 9.25. The van der Waals surface area contributed by atoms with Crippen LogP contribution in [0.3, 0.4) is 0 Å². The van der Waals surface area contributed by atoms with Crippen LogP contribution in [0.4, 0.5) is 15.8 Å². The Kier molecular flexibility index (Phi) is 6.16. The average Bonchev–Trinajstić information content (AvgIpc) is 2.67. The third-order valence-corrected chi connectivity index (χ3v) is 5.92. The van der Waals surface area contributed by atoms with E-state index in [0.717, 1.165) is 10.6 Å². The third-order valence-electron chi connectivity index (χ3n) is 4.45. The smallest absolute Gasteiger partial charge is 0.261 e. The first-order chi connectivity index (χ1) is 14.2. The van der Waals surface area contributed by atoms with Crippen LogP contribution in [0.2, 0.25) is 0 Å². The summed E-state index contributed by atoms with van der Waals surface area (Å²) in [6, 6.07) is 8.52. The lowest BCUT2D eigenvalue weighted by Gasteiger charge is -2.14. The average molecular weight is 432 g/mol. The fourth-order valence-electron chi connectivity index (χ4n) is 2.96. The number of halogens is 1. The summed E-state index contributed by atoms with van der Waals surface area (Å²) in [4.78, 5) is 29.1. The molecule has 30 heavy (non-hydrogen) atoms. The summed E-state index contributed by atoms with van der Waals surface area (Å²) in [5, 5.41) is 2.75. The largest absolute Gasteiger partial charge is 0.324 e. The zero-order valence-electron chi connectivity index (χ0n) is 16.5. The van der Waals surface area contributed by atoms with Crippen molar-refractivity contribution in [2.45, 2.75) is 26.8 Å². The molecule has 2 aromatic carbocycles. The number of carbonyl (C=O) groups excluding carboxylic acids is 1. The number of rotatable bonds is 7. The summed E-state index contributed by atoms with van der Waals surface area (Å²) in [6.45, 7) is 3.11. The number of carbonyl (C=O) groups is 1. The van der Waals surface area contributed by atoms with E-state index in [2.05, 4.69) is 15.0 Å². The highest BCUT2D eigenvalue weighted by Crippen LogP contribution is 2.24. The number of fused-ring (bicyclic) bond motifs is 1. The molecule has 0 saturated carbocycles. The summed E-state index contributed by atoms with van der Waals surface area (Å²) < 4.78 is 41.1. The topological polar surface area (TPSA) is 110 Å². The molecule has 3 rings (SSSR count). The predicted octanol–water partition coefficient (Wildman–Crippen LogP) is 2.63. The minimum atomic E-state index is -3.48. The number of hydrogen-bond acceptors (Lipinski definition) is 5. The molecule has 2 N–H and O–H groups in total. The lowest BCUT2D eigenvalue weighted by atomic mass is 10.1. The van der Waals surface area contributed by atoms with Gasteiger partial charge in [0, 0.05) is 5.69 Å². The van der Waals surface area contributed by atoms with Crippen molar-refractivity contribution in [1.82, 2.24) is 9.55 Å². The van der Waals surface area contributed by atoms with E-state index in [4.69, 9.17) is 0 Å². The highest BCUT2D eigenvalue weighted by Gasteiger charge is 2.14. The molecule has 0 aliphatic heterocycles. The maximum Gasteiger partial charge on any atom is 0.261 e. The number of nitrogens with zero attached hydrogens (tertiary/aromatic N) is 2. The lowest BCUT2D eigenvalue weighted by molar-refractivity contribution is -0.116. The van der Waals surface area contributed by atoms with Gasteiger partial charge in [0.2, 0.25) is 15.9 Å². The van der Waals surface area contributed by atoms with E-state index in [0.29, 0.717) is 28.9 Å². The summed E-state index contributed by atoms with van der Waals surface area (Å²) in [5.41, 5.74) is 1.11. The van der Waals surface area contributed by atoms with Gasteiger partial charge in [-0.25, -0.2) is 17.8 Å². The number of benzene rings is 2. The van der Waals surface area contributed by atoms with Gasteiger partial charge in [0.1, 0.15) is 12.4 Å². The molecule has 0 fully saturated rings. The number of nitrogens with one attached hydrogen (secondary N) is 2. The monoisotopic (exact) mass is 432 g/mol. The fraction of sp³-hybridized carbons (Fsp3) is 0.250. The number of hydrogen-bond donors (Lipinski definition) is 2. The molecule has 0 radical (unpaired) electrons. The molecule has 0 saturated heterocycles. The molecule has 3 aromatic rings. The van der Waals surface area contributed by atoms with E-state index in [1.807, 2.05) is 0 Å². The van der Waals surface area contributed by atoms with Crippen molar-refractivity contribution < 1.29 is 17.6 Å². The zero-order chi connectivity index (χ0) is 21.9. The van der Waals surface area contributed by atoms with E-state index in [-0.39, 0.29) is 17.7 Å². The summed E-state index contributed by atoms with van der Waals surface area (Å²) in [7, 11) is -3.48. The van der Waals surface area contributed by atoms with Crippen LogP contribution in [0.25, 0.3) is 10.9 Å². The van der Waals surface area contributed by atoms with E-state index < -0.39 is 27.3 Å². The second-order valence-corrected chi connectivity index (χ2v) is 8.63. The maximum atomic E-state index is 13.4. The van der Waals surface area contributed by atoms with E-state index in [1.54, 1.807) is 32.0 Å². The molecule has 0 aliphatic carbocycles. The molecular formula is C20H21FN4O4S. The SMILES string of the molecule is CCCS(=O)(=O)Nc1cccc(NC(=O)Cn2cnc3ccc(F)cc3c2=O)c1C. The second-order valence-electron chi connectivity index (χ2n) is 6.79. The second kappa shape index (κ2) is 8.62. The molecule has 1 heterocycles. The first kappa shape index (κ1) is 21.4. The van der Waals surface area contributed by atoms with Crippen molar-refractivity contribution >= 4 is 38.2 Å². The Morgan fingerprint density at radius 1 is 1.20 bits per heavy atom. The summed E-state index contributed by atoms with van der Waals surface area (Å²) in [5.74, 6) is -1.09. The van der Waals surface area contributed by atoms with Gasteiger partial charge in [-0.3, -0.25) is 18.9 Å². The van der Waals surface area contributed by atoms with Crippen molar-refractivity contribution in [3.05, 3.63) is 64.5 Å². The minimum absolute atomic E-state index is 0.0124. The van der Waals surface area contributed by atoms with Crippen LogP contribution in [0.1, 0.15) is 18.9 Å². The van der Waals surface area contributed by atoms with Gasteiger partial charge < -0.3 is 5.32 Å². The van der Waals surface area contributed by atoms with Crippen LogP contribution < -0.4 is 15.6 Å². The van der Waals surface area contributed by atoms with Crippen molar-refractivity contribution in [1.29, 1.82) is 0 Å². The van der Waals surface area contributed by atoms with Crippen molar-refractivity contribution in [3.8, 4) is 0 Å². The Balaban J connectivity index is 1.80. The molecule has 0 unspecified atom stereocenters. The molecule has 1 amide bonds. The molecular weight excluding hydrogens is 411 g/mol. The highest BCUT2D eigenvalue weighted by molar-refractivity contribution is 7.92. The normalized spacial score (nSPS) is 11.4. The zero-order valence-corrected chi connectivity index (χ0v) is 17.3.